The molecule has 0 atom stereocenters. The minimum Gasteiger partial charge on any atom is -0.474 e. The lowest BCUT2D eigenvalue weighted by Crippen LogP contribution is -2.20. The number of ether oxygens (including phenoxy) is 1. The summed E-state index contributed by atoms with van der Waals surface area (Å²) in [5.41, 5.74) is 0. The molecule has 0 saturated heterocycles. The molecule has 3 nitrogen and oxygen atoms in total. The van der Waals surface area contributed by atoms with Gasteiger partial charge in [-0.2, -0.15) is 4.98 Å². The number of halogens is 1. The maximum absolute atomic E-state index is 5.84. The first kappa shape index (κ1) is 10.9. The van der Waals surface area contributed by atoms with E-state index in [-0.39, 0.29) is 0 Å². The summed E-state index contributed by atoms with van der Waals surface area (Å²) in [4.78, 5) is 8.42. The molecule has 0 bridgehead atoms. The van der Waals surface area contributed by atoms with Crippen LogP contribution in [0.25, 0.3) is 0 Å². The van der Waals surface area contributed by atoms with E-state index in [1.807, 2.05) is 13.0 Å². The number of nitrogens with zero attached hydrogens (tertiary/aromatic N) is 2. The van der Waals surface area contributed by atoms with E-state index in [2.05, 4.69) is 25.9 Å². The Balaban J connectivity index is 2.02. The number of aromatic nitrogens is 2. The van der Waals surface area contributed by atoms with Crippen molar-refractivity contribution in [1.82, 2.24) is 9.97 Å². The Labute approximate surface area is 98.4 Å². The summed E-state index contributed by atoms with van der Waals surface area (Å²) in [6, 6.07) is 1.83. The van der Waals surface area contributed by atoms with Crippen molar-refractivity contribution in [3.05, 3.63) is 16.5 Å². The Morgan fingerprint density at radius 3 is 2.67 bits per heavy atom. The van der Waals surface area contributed by atoms with Crippen molar-refractivity contribution in [2.45, 2.75) is 45.1 Å². The average Bonchev–Trinajstić information content (AvgIpc) is 2.17. The van der Waals surface area contributed by atoms with Crippen LogP contribution in [0.15, 0.2) is 10.7 Å². The van der Waals surface area contributed by atoms with Gasteiger partial charge < -0.3 is 4.74 Å². The van der Waals surface area contributed by atoms with Gasteiger partial charge in [0, 0.05) is 6.07 Å². The van der Waals surface area contributed by atoms with Gasteiger partial charge in [0.1, 0.15) is 16.5 Å². The van der Waals surface area contributed by atoms with Crippen LogP contribution in [-0.2, 0) is 0 Å². The van der Waals surface area contributed by atoms with Gasteiger partial charge in [0.2, 0.25) is 5.88 Å². The highest BCUT2D eigenvalue weighted by Gasteiger charge is 2.15. The fourth-order valence-corrected chi connectivity index (χ4v) is 2.37. The van der Waals surface area contributed by atoms with Crippen LogP contribution in [0.2, 0.25) is 0 Å². The van der Waals surface area contributed by atoms with Crippen molar-refractivity contribution in [2.24, 2.45) is 0 Å². The van der Waals surface area contributed by atoms with Gasteiger partial charge in [-0.15, -0.1) is 0 Å². The molecular weight excluding hydrogens is 256 g/mol. The van der Waals surface area contributed by atoms with E-state index in [0.717, 1.165) is 23.3 Å². The molecule has 82 valence electrons. The van der Waals surface area contributed by atoms with E-state index < -0.39 is 0 Å². The summed E-state index contributed by atoms with van der Waals surface area (Å²) in [5, 5.41) is 0. The Morgan fingerprint density at radius 1 is 1.27 bits per heavy atom. The summed E-state index contributed by atoms with van der Waals surface area (Å²) in [5.74, 6) is 1.44. The zero-order valence-corrected chi connectivity index (χ0v) is 10.5. The molecule has 1 aromatic rings. The Bertz CT molecular complexity index is 317. The molecule has 15 heavy (non-hydrogen) atoms. The molecule has 0 amide bonds. The molecule has 0 radical (unpaired) electrons. The second-order valence-electron chi connectivity index (χ2n) is 3.95. The Kier molecular flexibility index (Phi) is 3.57. The Morgan fingerprint density at radius 2 is 2.00 bits per heavy atom. The van der Waals surface area contributed by atoms with Crippen molar-refractivity contribution in [3.63, 3.8) is 0 Å². The molecule has 0 unspecified atom stereocenters. The fraction of sp³-hybridized carbons (Fsp3) is 0.636. The molecular formula is C11H15BrN2O. The van der Waals surface area contributed by atoms with Crippen LogP contribution in [0, 0.1) is 6.92 Å². The fourth-order valence-electron chi connectivity index (χ4n) is 1.92. The van der Waals surface area contributed by atoms with E-state index in [4.69, 9.17) is 4.74 Å². The first-order chi connectivity index (χ1) is 7.24. The van der Waals surface area contributed by atoms with Crippen molar-refractivity contribution in [1.29, 1.82) is 0 Å². The van der Waals surface area contributed by atoms with Gasteiger partial charge in [-0.25, -0.2) is 4.98 Å². The van der Waals surface area contributed by atoms with Gasteiger partial charge >= 0.3 is 0 Å². The molecule has 0 spiro atoms. The molecule has 0 aliphatic heterocycles. The number of rotatable bonds is 2. The molecule has 0 N–H and O–H groups in total. The first-order valence-corrected chi connectivity index (χ1v) is 6.21. The molecule has 1 heterocycles. The van der Waals surface area contributed by atoms with E-state index in [1.54, 1.807) is 0 Å². The van der Waals surface area contributed by atoms with Crippen LogP contribution in [0.1, 0.15) is 37.9 Å². The zero-order chi connectivity index (χ0) is 10.7. The highest BCUT2D eigenvalue weighted by molar-refractivity contribution is 9.10. The SMILES string of the molecule is Cc1nc(Br)cc(OC2CCCCC2)n1. The van der Waals surface area contributed by atoms with Gasteiger partial charge in [-0.3, -0.25) is 0 Å². The van der Waals surface area contributed by atoms with Crippen LogP contribution in [0.4, 0.5) is 0 Å². The summed E-state index contributed by atoms with van der Waals surface area (Å²) >= 11 is 3.35. The first-order valence-electron chi connectivity index (χ1n) is 5.42. The second kappa shape index (κ2) is 4.92. The highest BCUT2D eigenvalue weighted by atomic mass is 79.9. The van der Waals surface area contributed by atoms with Crippen LogP contribution in [0.5, 0.6) is 5.88 Å². The lowest BCUT2D eigenvalue weighted by molar-refractivity contribution is 0.148. The summed E-state index contributed by atoms with van der Waals surface area (Å²) in [6.07, 6.45) is 6.54. The van der Waals surface area contributed by atoms with E-state index in [0.29, 0.717) is 12.0 Å². The van der Waals surface area contributed by atoms with Gasteiger partial charge in [0.25, 0.3) is 0 Å². The lowest BCUT2D eigenvalue weighted by atomic mass is 9.98. The number of hydrogen-bond acceptors (Lipinski definition) is 3. The predicted molar refractivity (Wildman–Crippen MR) is 62.0 cm³/mol. The summed E-state index contributed by atoms with van der Waals surface area (Å²) in [6.45, 7) is 1.87. The number of aryl methyl sites for hydroxylation is 1. The van der Waals surface area contributed by atoms with Crippen LogP contribution in [0.3, 0.4) is 0 Å². The van der Waals surface area contributed by atoms with E-state index in [9.17, 15) is 0 Å². The molecule has 2 rings (SSSR count). The second-order valence-corrected chi connectivity index (χ2v) is 4.77. The van der Waals surface area contributed by atoms with Gasteiger partial charge in [-0.1, -0.05) is 6.42 Å². The van der Waals surface area contributed by atoms with Crippen molar-refractivity contribution >= 4 is 15.9 Å². The minimum absolute atomic E-state index is 0.347. The van der Waals surface area contributed by atoms with Gasteiger partial charge in [-0.05, 0) is 48.5 Å². The third-order valence-electron chi connectivity index (χ3n) is 2.62. The minimum atomic E-state index is 0.347. The molecule has 4 heteroatoms. The van der Waals surface area contributed by atoms with Crippen molar-refractivity contribution in [2.75, 3.05) is 0 Å². The molecule has 1 aromatic heterocycles. The van der Waals surface area contributed by atoms with Crippen LogP contribution >= 0.6 is 15.9 Å². The molecule has 1 fully saturated rings. The van der Waals surface area contributed by atoms with Crippen LogP contribution < -0.4 is 4.74 Å². The smallest absolute Gasteiger partial charge is 0.217 e. The molecule has 1 saturated carbocycles. The maximum atomic E-state index is 5.84. The standard InChI is InChI=1S/C11H15BrN2O/c1-8-13-10(12)7-11(14-8)15-9-5-3-2-4-6-9/h7,9H,2-6H2,1H3. The third-order valence-corrected chi connectivity index (χ3v) is 3.03. The molecule has 0 aromatic carbocycles. The van der Waals surface area contributed by atoms with Gasteiger partial charge in [0.15, 0.2) is 0 Å². The van der Waals surface area contributed by atoms with Gasteiger partial charge in [0.05, 0.1) is 0 Å². The van der Waals surface area contributed by atoms with E-state index in [1.165, 1.54) is 19.3 Å². The third kappa shape index (κ3) is 3.16. The molecule has 1 aliphatic carbocycles. The summed E-state index contributed by atoms with van der Waals surface area (Å²) < 4.78 is 6.63. The number of hydrogen-bond donors (Lipinski definition) is 0. The Hall–Kier alpha value is -0.640. The average molecular weight is 271 g/mol. The largest absolute Gasteiger partial charge is 0.474 e. The van der Waals surface area contributed by atoms with Crippen molar-refractivity contribution in [3.8, 4) is 5.88 Å². The van der Waals surface area contributed by atoms with Crippen LogP contribution in [-0.4, -0.2) is 16.1 Å². The van der Waals surface area contributed by atoms with E-state index >= 15 is 0 Å². The predicted octanol–water partition coefficient (Wildman–Crippen LogP) is 3.26. The normalized spacial score (nSPS) is 17.7. The topological polar surface area (TPSA) is 35.0 Å². The summed E-state index contributed by atoms with van der Waals surface area (Å²) in [7, 11) is 0. The maximum Gasteiger partial charge on any atom is 0.217 e. The quantitative estimate of drug-likeness (QED) is 0.774. The zero-order valence-electron chi connectivity index (χ0n) is 8.87. The lowest BCUT2D eigenvalue weighted by Gasteiger charge is -2.22. The highest BCUT2D eigenvalue weighted by Crippen LogP contribution is 2.23. The monoisotopic (exact) mass is 270 g/mol. The van der Waals surface area contributed by atoms with Crippen molar-refractivity contribution < 1.29 is 4.74 Å². The molecule has 1 aliphatic rings.